The highest BCUT2D eigenvalue weighted by molar-refractivity contribution is 6.30. The zero-order valence-electron chi connectivity index (χ0n) is 19.4. The summed E-state index contributed by atoms with van der Waals surface area (Å²) in [6.07, 6.45) is -0.571. The first kappa shape index (κ1) is 23.5. The molecule has 3 aromatic rings. The molecule has 1 aromatic heterocycles. The maximum absolute atomic E-state index is 12.8. The van der Waals surface area contributed by atoms with Gasteiger partial charge in [-0.05, 0) is 49.4 Å². The number of aromatic nitrogens is 2. The molecule has 0 saturated carbocycles. The monoisotopic (exact) mass is 494 g/mol. The van der Waals surface area contributed by atoms with E-state index in [1.54, 1.807) is 42.5 Å². The summed E-state index contributed by atoms with van der Waals surface area (Å²) in [5.74, 6) is 0.784. The second kappa shape index (κ2) is 9.41. The van der Waals surface area contributed by atoms with Gasteiger partial charge in [0.25, 0.3) is 5.91 Å². The average molecular weight is 495 g/mol. The third-order valence-electron chi connectivity index (χ3n) is 6.79. The Hall–Kier alpha value is -3.27. The highest BCUT2D eigenvalue weighted by Crippen LogP contribution is 2.30. The SMILES string of the molecule is Cc1nc(N2C[C@H](O)[C@@H](N3CCN(C(=O)c4ccc(Cl)cc4)CC3)C2)c2cc(C(N)=O)ccc2n1. The third kappa shape index (κ3) is 4.67. The molecule has 2 atom stereocenters. The summed E-state index contributed by atoms with van der Waals surface area (Å²) < 4.78 is 0. The van der Waals surface area contributed by atoms with Crippen molar-refractivity contribution in [3.8, 4) is 0 Å². The van der Waals surface area contributed by atoms with Gasteiger partial charge in [-0.25, -0.2) is 9.97 Å². The quantitative estimate of drug-likeness (QED) is 0.567. The number of hydrogen-bond acceptors (Lipinski definition) is 7. The third-order valence-corrected chi connectivity index (χ3v) is 7.04. The number of rotatable bonds is 4. The van der Waals surface area contributed by atoms with Crippen LogP contribution in [0.1, 0.15) is 26.5 Å². The number of piperazine rings is 1. The zero-order valence-corrected chi connectivity index (χ0v) is 20.1. The van der Waals surface area contributed by atoms with Crippen LogP contribution in [0.3, 0.4) is 0 Å². The molecule has 2 aliphatic rings. The van der Waals surface area contributed by atoms with Crippen molar-refractivity contribution in [2.45, 2.75) is 19.1 Å². The smallest absolute Gasteiger partial charge is 0.253 e. The number of halogens is 1. The fourth-order valence-electron chi connectivity index (χ4n) is 4.95. The van der Waals surface area contributed by atoms with E-state index in [1.165, 1.54) is 0 Å². The maximum atomic E-state index is 12.8. The molecule has 0 unspecified atom stereocenters. The molecule has 10 heteroatoms. The highest BCUT2D eigenvalue weighted by atomic mass is 35.5. The molecular formula is C25H27ClN6O3. The molecule has 0 radical (unpaired) electrons. The number of primary amides is 1. The lowest BCUT2D eigenvalue weighted by molar-refractivity contribution is 0.0376. The van der Waals surface area contributed by atoms with Crippen molar-refractivity contribution in [1.82, 2.24) is 19.8 Å². The second-order valence-electron chi connectivity index (χ2n) is 9.07. The normalized spacial score (nSPS) is 21.0. The number of hydrogen-bond donors (Lipinski definition) is 2. The van der Waals surface area contributed by atoms with Gasteiger partial charge >= 0.3 is 0 Å². The molecule has 2 amide bonds. The van der Waals surface area contributed by atoms with Gasteiger partial charge in [-0.2, -0.15) is 0 Å². The van der Waals surface area contributed by atoms with Crippen LogP contribution in [0.2, 0.25) is 5.02 Å². The number of aliphatic hydroxyl groups excluding tert-OH is 1. The maximum Gasteiger partial charge on any atom is 0.253 e. The van der Waals surface area contributed by atoms with Crippen molar-refractivity contribution >= 4 is 40.1 Å². The van der Waals surface area contributed by atoms with Crippen LogP contribution in [0.15, 0.2) is 42.5 Å². The summed E-state index contributed by atoms with van der Waals surface area (Å²) in [5, 5.41) is 12.3. The van der Waals surface area contributed by atoms with Crippen LogP contribution in [-0.4, -0.2) is 88.1 Å². The van der Waals surface area contributed by atoms with E-state index >= 15 is 0 Å². The van der Waals surface area contributed by atoms with E-state index in [-0.39, 0.29) is 11.9 Å². The van der Waals surface area contributed by atoms with E-state index in [0.29, 0.717) is 67.1 Å². The molecule has 0 spiro atoms. The molecule has 9 nitrogen and oxygen atoms in total. The van der Waals surface area contributed by atoms with E-state index in [2.05, 4.69) is 14.9 Å². The number of carbonyl (C=O) groups is 2. The van der Waals surface area contributed by atoms with Crippen LogP contribution in [0.5, 0.6) is 0 Å². The topological polar surface area (TPSA) is 116 Å². The minimum Gasteiger partial charge on any atom is -0.390 e. The van der Waals surface area contributed by atoms with Crippen LogP contribution >= 0.6 is 11.6 Å². The Morgan fingerprint density at radius 2 is 1.69 bits per heavy atom. The number of aliphatic hydroxyl groups is 1. The fraction of sp³-hybridized carbons (Fsp3) is 0.360. The predicted octanol–water partition coefficient (Wildman–Crippen LogP) is 1.70. The minimum absolute atomic E-state index is 0.0110. The second-order valence-corrected chi connectivity index (χ2v) is 9.50. The number of carbonyl (C=O) groups excluding carboxylic acids is 2. The lowest BCUT2D eigenvalue weighted by Crippen LogP contribution is -2.54. The number of anilines is 1. The Kier molecular flexibility index (Phi) is 6.31. The van der Waals surface area contributed by atoms with Crippen molar-refractivity contribution in [3.63, 3.8) is 0 Å². The summed E-state index contributed by atoms with van der Waals surface area (Å²) in [4.78, 5) is 39.8. The summed E-state index contributed by atoms with van der Waals surface area (Å²) >= 11 is 5.94. The zero-order chi connectivity index (χ0) is 24.7. The van der Waals surface area contributed by atoms with Crippen LogP contribution in [0.25, 0.3) is 10.9 Å². The van der Waals surface area contributed by atoms with Gasteiger partial charge in [0.05, 0.1) is 17.7 Å². The lowest BCUT2D eigenvalue weighted by Gasteiger charge is -2.38. The number of β-amino-alcohol motifs (C(OH)–C–C–N with tert-alkyl or cyclic N) is 1. The van der Waals surface area contributed by atoms with Crippen LogP contribution < -0.4 is 10.6 Å². The van der Waals surface area contributed by atoms with Crippen LogP contribution in [0, 0.1) is 6.92 Å². The molecule has 2 saturated heterocycles. The number of amides is 2. The molecule has 3 N–H and O–H groups in total. The van der Waals surface area contributed by atoms with Gasteiger partial charge in [0.15, 0.2) is 0 Å². The Balaban J connectivity index is 1.30. The van der Waals surface area contributed by atoms with Gasteiger partial charge < -0.3 is 20.6 Å². The molecule has 0 bridgehead atoms. The first-order valence-corrected chi connectivity index (χ1v) is 12.0. The number of aryl methyl sites for hydroxylation is 1. The largest absolute Gasteiger partial charge is 0.390 e. The van der Waals surface area contributed by atoms with E-state index < -0.39 is 12.0 Å². The van der Waals surface area contributed by atoms with Crippen molar-refractivity contribution in [2.75, 3.05) is 44.2 Å². The lowest BCUT2D eigenvalue weighted by atomic mass is 10.1. The van der Waals surface area contributed by atoms with Gasteiger partial charge in [-0.1, -0.05) is 11.6 Å². The fourth-order valence-corrected chi connectivity index (χ4v) is 5.08. The number of fused-ring (bicyclic) bond motifs is 1. The first-order valence-electron chi connectivity index (χ1n) is 11.6. The van der Waals surface area contributed by atoms with Crippen LogP contribution in [0.4, 0.5) is 5.82 Å². The molecule has 5 rings (SSSR count). The summed E-state index contributed by atoms with van der Waals surface area (Å²) in [6, 6.07) is 12.0. The Morgan fingerprint density at radius 1 is 1.00 bits per heavy atom. The van der Waals surface area contributed by atoms with Gasteiger partial charge in [0.2, 0.25) is 5.91 Å². The molecule has 182 valence electrons. The molecule has 2 aliphatic heterocycles. The number of benzene rings is 2. The van der Waals surface area contributed by atoms with Crippen molar-refractivity contribution in [2.24, 2.45) is 5.73 Å². The molecule has 2 aromatic carbocycles. The molecular weight excluding hydrogens is 468 g/mol. The van der Waals surface area contributed by atoms with E-state index in [9.17, 15) is 14.7 Å². The Labute approximate surface area is 208 Å². The standard InChI is InChI=1S/C25H27ClN6O3/c1-15-28-20-7-4-17(23(27)34)12-19(20)24(29-15)32-13-21(22(33)14-32)30-8-10-31(11-9-30)25(35)16-2-5-18(26)6-3-16/h2-7,12,21-22,33H,8-11,13-14H2,1H3,(H2,27,34)/t21-,22-/m0/s1. The first-order chi connectivity index (χ1) is 16.8. The molecule has 3 heterocycles. The van der Waals surface area contributed by atoms with E-state index in [0.717, 1.165) is 10.9 Å². The highest BCUT2D eigenvalue weighted by Gasteiger charge is 2.38. The van der Waals surface area contributed by atoms with Gasteiger partial charge in [-0.3, -0.25) is 14.5 Å². The van der Waals surface area contributed by atoms with Crippen LogP contribution in [-0.2, 0) is 0 Å². The predicted molar refractivity (Wildman–Crippen MR) is 134 cm³/mol. The number of nitrogens with two attached hydrogens (primary N) is 1. The Bertz CT molecular complexity index is 1280. The van der Waals surface area contributed by atoms with Crippen molar-refractivity contribution in [3.05, 3.63) is 64.4 Å². The van der Waals surface area contributed by atoms with E-state index in [4.69, 9.17) is 17.3 Å². The van der Waals surface area contributed by atoms with Crippen molar-refractivity contribution < 1.29 is 14.7 Å². The molecule has 0 aliphatic carbocycles. The molecule has 35 heavy (non-hydrogen) atoms. The van der Waals surface area contributed by atoms with Gasteiger partial charge in [0, 0.05) is 60.8 Å². The summed E-state index contributed by atoms with van der Waals surface area (Å²) in [6.45, 7) is 5.34. The molecule has 2 fully saturated rings. The average Bonchev–Trinajstić information content (AvgIpc) is 3.24. The summed E-state index contributed by atoms with van der Waals surface area (Å²) in [7, 11) is 0. The number of nitrogens with zero attached hydrogens (tertiary/aromatic N) is 5. The summed E-state index contributed by atoms with van der Waals surface area (Å²) in [5.41, 5.74) is 7.22. The van der Waals surface area contributed by atoms with E-state index in [1.807, 2.05) is 16.7 Å². The van der Waals surface area contributed by atoms with Gasteiger partial charge in [-0.15, -0.1) is 0 Å². The Morgan fingerprint density at radius 3 is 2.37 bits per heavy atom. The van der Waals surface area contributed by atoms with Crippen molar-refractivity contribution in [1.29, 1.82) is 0 Å². The van der Waals surface area contributed by atoms with Gasteiger partial charge in [0.1, 0.15) is 11.6 Å². The minimum atomic E-state index is -0.571.